The van der Waals surface area contributed by atoms with Crippen LogP contribution in [0.2, 0.25) is 0 Å². The van der Waals surface area contributed by atoms with E-state index in [9.17, 15) is 19.5 Å². The molecule has 3 aromatic heterocycles. The number of hydrogen-bond acceptors (Lipinski definition) is 15. The number of carbonyl (C=O) groups is 3. The summed E-state index contributed by atoms with van der Waals surface area (Å²) in [6.45, 7) is 0.00123. The Morgan fingerprint density at radius 3 is 2.90 bits per heavy atom. The molecule has 19 heteroatoms. The van der Waals surface area contributed by atoms with Gasteiger partial charge in [-0.25, -0.2) is 0 Å². The molecule has 0 spiro atoms. The Morgan fingerprint density at radius 1 is 1.32 bits per heavy atom. The average molecular weight is 606 g/mol. The van der Waals surface area contributed by atoms with Gasteiger partial charge in [0.25, 0.3) is 5.91 Å². The van der Waals surface area contributed by atoms with E-state index in [1.807, 2.05) is 0 Å². The molecule has 0 aromatic carbocycles. The second-order valence-electron chi connectivity index (χ2n) is 9.60. The lowest BCUT2D eigenvalue weighted by atomic mass is 9.89. The second kappa shape index (κ2) is 10.8. The van der Waals surface area contributed by atoms with Crippen molar-refractivity contribution in [2.45, 2.75) is 48.2 Å². The average Bonchev–Trinajstić information content (AvgIpc) is 3.73. The molecule has 3 aromatic rings. The number of hydrogen-bond donors (Lipinski definition) is 3. The fourth-order valence-electron chi connectivity index (χ4n) is 4.67. The lowest BCUT2D eigenvalue weighted by Gasteiger charge is -2.53. The van der Waals surface area contributed by atoms with E-state index in [1.54, 1.807) is 12.1 Å². The summed E-state index contributed by atoms with van der Waals surface area (Å²) in [5, 5.41) is 32.6. The molecule has 2 saturated heterocycles. The molecular weight excluding hydrogens is 583 g/mol. The number of anilines is 1. The molecule has 16 nitrogen and oxygen atoms in total. The highest BCUT2D eigenvalue weighted by Crippen LogP contribution is 2.44. The summed E-state index contributed by atoms with van der Waals surface area (Å²) in [7, 11) is 0. The first-order valence-corrected chi connectivity index (χ1v) is 15.1. The van der Waals surface area contributed by atoms with Gasteiger partial charge in [-0.1, -0.05) is 5.16 Å². The number of thioether (sulfide) groups is 2. The molecule has 3 aliphatic rings. The van der Waals surface area contributed by atoms with Crippen LogP contribution in [0.15, 0.2) is 22.3 Å². The van der Waals surface area contributed by atoms with Crippen LogP contribution < -0.4 is 11.1 Å². The molecule has 5 heterocycles. The van der Waals surface area contributed by atoms with Gasteiger partial charge in [-0.05, 0) is 48.2 Å². The monoisotopic (exact) mass is 605 g/mol. The highest BCUT2D eigenvalue weighted by Gasteiger charge is 2.57. The van der Waals surface area contributed by atoms with Gasteiger partial charge >= 0.3 is 5.97 Å². The molecule has 6 rings (SSSR count). The number of nitrogens with one attached hydrogen (secondary N) is 1. The first-order valence-electron chi connectivity index (χ1n) is 12.3. The second-order valence-corrected chi connectivity index (χ2v) is 12.5. The maximum atomic E-state index is 13.2. The van der Waals surface area contributed by atoms with Crippen LogP contribution in [0.3, 0.4) is 0 Å². The van der Waals surface area contributed by atoms with Crippen molar-refractivity contribution in [3.05, 3.63) is 18.0 Å². The Bertz CT molecular complexity index is 1490. The standard InChI is InChI=1S/C21H23N11O5S3/c22-20-24-15(28-40-20)13(27-37-10-3-1-2-4-10)16(33)23-14-17(34)31-7-21(19(35)36,9-39-18(14)31)8-38-12-6-5-11-25-29-30-32(11)26-12/h5-6,10,14,18H,1-4,7-9H2,(H,23,33)(H,35,36)(H2,22,24,28)/t14?,18-,21?/m1/s1. The SMILES string of the molecule is Nc1nc(C(=NOC2CCCC2)C(=O)NC2C(=O)N3CC(CSc4ccc5nnnn5n4)(C(=O)O)CS[C@H]23)ns1. The first-order chi connectivity index (χ1) is 19.3. The number of amides is 2. The zero-order valence-corrected chi connectivity index (χ0v) is 23.2. The van der Waals surface area contributed by atoms with Crippen molar-refractivity contribution in [2.75, 3.05) is 23.8 Å². The molecule has 4 N–H and O–H groups in total. The quantitative estimate of drug-likeness (QED) is 0.125. The third kappa shape index (κ3) is 5.03. The van der Waals surface area contributed by atoms with E-state index >= 15 is 0 Å². The van der Waals surface area contributed by atoms with E-state index in [2.05, 4.69) is 40.5 Å². The van der Waals surface area contributed by atoms with Crippen molar-refractivity contribution in [2.24, 2.45) is 10.6 Å². The minimum atomic E-state index is -1.21. The molecule has 210 valence electrons. The number of carboxylic acids is 1. The van der Waals surface area contributed by atoms with Gasteiger partial charge in [-0.2, -0.15) is 9.36 Å². The number of nitrogens with two attached hydrogens (primary N) is 1. The predicted molar refractivity (Wildman–Crippen MR) is 143 cm³/mol. The van der Waals surface area contributed by atoms with Crippen molar-refractivity contribution in [3.8, 4) is 0 Å². The molecule has 40 heavy (non-hydrogen) atoms. The molecule has 1 saturated carbocycles. The Hall–Kier alpha value is -3.58. The number of nitrogen functional groups attached to an aromatic ring is 1. The van der Waals surface area contributed by atoms with Gasteiger partial charge in [0.1, 0.15) is 28.0 Å². The highest BCUT2D eigenvalue weighted by molar-refractivity contribution is 8.00. The summed E-state index contributed by atoms with van der Waals surface area (Å²) < 4.78 is 5.34. The van der Waals surface area contributed by atoms with Gasteiger partial charge < -0.3 is 25.9 Å². The van der Waals surface area contributed by atoms with Crippen LogP contribution in [-0.4, -0.2) is 104 Å². The molecule has 0 radical (unpaired) electrons. The van der Waals surface area contributed by atoms with Crippen molar-refractivity contribution in [3.63, 3.8) is 0 Å². The van der Waals surface area contributed by atoms with Gasteiger partial charge in [0.05, 0.1) is 0 Å². The van der Waals surface area contributed by atoms with Gasteiger partial charge in [-0.15, -0.1) is 38.4 Å². The zero-order valence-electron chi connectivity index (χ0n) is 20.7. The number of aliphatic carboxylic acids is 1. The fraction of sp³-hybridized carbons (Fsp3) is 0.524. The Morgan fingerprint density at radius 2 is 2.15 bits per heavy atom. The van der Waals surface area contributed by atoms with Crippen LogP contribution in [0.4, 0.5) is 5.13 Å². The van der Waals surface area contributed by atoms with Crippen LogP contribution in [0.5, 0.6) is 0 Å². The normalized spacial score (nSPS) is 25.1. The summed E-state index contributed by atoms with van der Waals surface area (Å²) in [6, 6.07) is 2.55. The van der Waals surface area contributed by atoms with Crippen molar-refractivity contribution in [1.82, 2.24) is 44.8 Å². The molecular formula is C21H23N11O5S3. The van der Waals surface area contributed by atoms with Gasteiger partial charge in [0.2, 0.25) is 17.4 Å². The van der Waals surface area contributed by atoms with Crippen molar-refractivity contribution < 1.29 is 24.3 Å². The molecule has 3 fully saturated rings. The summed E-state index contributed by atoms with van der Waals surface area (Å²) in [4.78, 5) is 49.8. The van der Waals surface area contributed by atoms with Crippen molar-refractivity contribution >= 4 is 69.3 Å². The van der Waals surface area contributed by atoms with E-state index in [0.717, 1.165) is 37.2 Å². The molecule has 2 unspecified atom stereocenters. The Labute approximate surface area is 238 Å². The van der Waals surface area contributed by atoms with Crippen LogP contribution in [0, 0.1) is 5.41 Å². The van der Waals surface area contributed by atoms with Gasteiger partial charge in [-0.3, -0.25) is 14.4 Å². The summed E-state index contributed by atoms with van der Waals surface area (Å²) >= 11 is 3.47. The van der Waals surface area contributed by atoms with Crippen LogP contribution in [0.25, 0.3) is 5.65 Å². The molecule has 0 bridgehead atoms. The molecule has 2 aliphatic heterocycles. The lowest BCUT2D eigenvalue weighted by molar-refractivity contribution is -0.157. The Kier molecular flexibility index (Phi) is 7.17. The van der Waals surface area contributed by atoms with Crippen LogP contribution in [-0.2, 0) is 19.2 Å². The number of rotatable bonds is 9. The van der Waals surface area contributed by atoms with Crippen LogP contribution >= 0.6 is 35.1 Å². The van der Waals surface area contributed by atoms with E-state index in [1.165, 1.54) is 33.1 Å². The number of carbonyl (C=O) groups excluding carboxylic acids is 2. The number of tetrazole rings is 1. The third-order valence-corrected chi connectivity index (χ3v) is 10.2. The number of oxime groups is 1. The number of aromatic nitrogens is 7. The summed E-state index contributed by atoms with van der Waals surface area (Å²) in [6.07, 6.45) is 3.63. The lowest BCUT2D eigenvalue weighted by Crippen LogP contribution is -2.74. The first kappa shape index (κ1) is 26.6. The topological polar surface area (TPSA) is 216 Å². The molecule has 2 amide bonds. The molecule has 1 aliphatic carbocycles. The fourth-order valence-corrected chi connectivity index (χ4v) is 7.82. The minimum Gasteiger partial charge on any atom is -0.481 e. The third-order valence-electron chi connectivity index (χ3n) is 6.89. The maximum absolute atomic E-state index is 13.2. The number of nitrogens with zero attached hydrogens (tertiary/aromatic N) is 9. The number of fused-ring (bicyclic) bond motifs is 2. The summed E-state index contributed by atoms with van der Waals surface area (Å²) in [5.41, 5.74) is 4.81. The highest BCUT2D eigenvalue weighted by atomic mass is 32.2. The van der Waals surface area contributed by atoms with Gasteiger partial charge in [0, 0.05) is 29.6 Å². The van der Waals surface area contributed by atoms with E-state index in [-0.39, 0.29) is 46.7 Å². The molecule has 3 atom stereocenters. The van der Waals surface area contributed by atoms with Crippen molar-refractivity contribution in [1.29, 1.82) is 0 Å². The predicted octanol–water partition coefficient (Wildman–Crippen LogP) is -0.120. The minimum absolute atomic E-state index is 0.00123. The largest absolute Gasteiger partial charge is 0.481 e. The maximum Gasteiger partial charge on any atom is 0.313 e. The van der Waals surface area contributed by atoms with Crippen LogP contribution in [0.1, 0.15) is 31.5 Å². The zero-order chi connectivity index (χ0) is 27.9. The number of β-lactam (4-membered cyclic amide) rings is 1. The van der Waals surface area contributed by atoms with E-state index < -0.39 is 28.7 Å². The number of carboxylic acid groups (broad SMARTS) is 1. The van der Waals surface area contributed by atoms with Gasteiger partial charge in [0.15, 0.2) is 10.8 Å². The summed E-state index contributed by atoms with van der Waals surface area (Å²) in [5.74, 6) is -1.62. The smallest absolute Gasteiger partial charge is 0.313 e. The van der Waals surface area contributed by atoms with E-state index in [0.29, 0.717) is 10.7 Å². The van der Waals surface area contributed by atoms with E-state index in [4.69, 9.17) is 10.6 Å². The Balaban J connectivity index is 1.12.